The fourth-order valence-electron chi connectivity index (χ4n) is 8.45. The number of aryl methyl sites for hydroxylation is 2. The highest BCUT2D eigenvalue weighted by atomic mass is 19.4. The number of alkyl halides is 3. The van der Waals surface area contributed by atoms with E-state index in [-0.39, 0.29) is 29.8 Å². The predicted molar refractivity (Wildman–Crippen MR) is 200 cm³/mol. The molecule has 55 heavy (non-hydrogen) atoms. The van der Waals surface area contributed by atoms with Crippen LogP contribution in [0, 0.1) is 12.8 Å². The van der Waals surface area contributed by atoms with Crippen LogP contribution in [0.1, 0.15) is 72.4 Å². The lowest BCUT2D eigenvalue weighted by Gasteiger charge is -2.39. The number of anilines is 2. The molecule has 0 bridgehead atoms. The molecule has 5 aromatic rings. The maximum absolute atomic E-state index is 13.4. The topological polar surface area (TPSA) is 139 Å². The molecular formula is C39H42F3N9O4. The first kappa shape index (κ1) is 36.5. The lowest BCUT2D eigenvalue weighted by molar-refractivity contribution is -0.141. The quantitative estimate of drug-likeness (QED) is 0.216. The van der Waals surface area contributed by atoms with Gasteiger partial charge in [0.1, 0.15) is 17.4 Å². The van der Waals surface area contributed by atoms with Crippen LogP contribution in [-0.2, 0) is 22.8 Å². The number of hydrogen-bond acceptors (Lipinski definition) is 8. The molecule has 1 unspecified atom stereocenters. The molecule has 1 atom stereocenters. The van der Waals surface area contributed by atoms with Gasteiger partial charge in [0.05, 0.1) is 28.3 Å². The molecule has 5 heterocycles. The van der Waals surface area contributed by atoms with Gasteiger partial charge in [-0.15, -0.1) is 0 Å². The summed E-state index contributed by atoms with van der Waals surface area (Å²) in [5.41, 5.74) is 2.77. The van der Waals surface area contributed by atoms with E-state index in [4.69, 9.17) is 5.10 Å². The van der Waals surface area contributed by atoms with Crippen molar-refractivity contribution in [1.82, 2.24) is 34.1 Å². The standard InChI is InChI=1S/C39H42F3N9O4/c1-23-19-29-25(20-28(23)44-36(53)27-5-3-8-33(43-27)39(40,41)42)22-50(46-29)26-11-9-24(10-12-26)21-48-15-17-49(18-16-48)30-6-4-7-31-35(30)47(2)38(55)51(31)32-13-14-34(52)45-37(32)54/h3-8,19-20,22,24,26,32H,9-18,21H2,1-2H3,(H,44,53)(H,45,52,54). The highest BCUT2D eigenvalue weighted by molar-refractivity contribution is 6.04. The summed E-state index contributed by atoms with van der Waals surface area (Å²) in [4.78, 5) is 59.0. The molecule has 13 nitrogen and oxygen atoms in total. The number of pyridine rings is 1. The molecule has 0 radical (unpaired) electrons. The van der Waals surface area contributed by atoms with Crippen LogP contribution in [0.25, 0.3) is 21.9 Å². The van der Waals surface area contributed by atoms with E-state index in [0.29, 0.717) is 23.5 Å². The minimum absolute atomic E-state index is 0.198. The van der Waals surface area contributed by atoms with E-state index < -0.39 is 29.7 Å². The molecule has 2 N–H and O–H groups in total. The number of imide groups is 1. The number of benzene rings is 2. The zero-order chi connectivity index (χ0) is 38.6. The van der Waals surface area contributed by atoms with Gasteiger partial charge >= 0.3 is 11.9 Å². The molecule has 0 spiro atoms. The number of hydrogen-bond donors (Lipinski definition) is 2. The van der Waals surface area contributed by atoms with E-state index in [1.54, 1.807) is 17.7 Å². The SMILES string of the molecule is Cc1cc2nn(C3CCC(CN4CCN(c5cccc6c5n(C)c(=O)n6C5CCC(=O)NC5=O)CC4)CC3)cc2cc1NC(=O)c1cccc(C(F)(F)F)n1. The van der Waals surface area contributed by atoms with E-state index in [1.165, 1.54) is 16.7 Å². The summed E-state index contributed by atoms with van der Waals surface area (Å²) < 4.78 is 44.6. The normalized spacial score (nSPS) is 21.3. The van der Waals surface area contributed by atoms with Crippen molar-refractivity contribution in [3.8, 4) is 0 Å². The average molecular weight is 758 g/mol. The summed E-state index contributed by atoms with van der Waals surface area (Å²) in [6.45, 7) is 6.24. The largest absolute Gasteiger partial charge is 0.433 e. The van der Waals surface area contributed by atoms with Crippen molar-refractivity contribution in [3.05, 3.63) is 82.2 Å². The molecule has 1 saturated carbocycles. The average Bonchev–Trinajstić information content (AvgIpc) is 3.69. The Hall–Kier alpha value is -5.51. The van der Waals surface area contributed by atoms with Gasteiger partial charge in [-0.05, 0) is 86.9 Å². The molecule has 288 valence electrons. The zero-order valence-corrected chi connectivity index (χ0v) is 30.6. The number of fused-ring (bicyclic) bond motifs is 2. The van der Waals surface area contributed by atoms with Crippen LogP contribution in [0.3, 0.4) is 0 Å². The van der Waals surface area contributed by atoms with Crippen molar-refractivity contribution in [2.45, 2.75) is 63.7 Å². The molecule has 3 aliphatic rings. The fraction of sp³-hybridized carbons (Fsp3) is 0.436. The van der Waals surface area contributed by atoms with Crippen LogP contribution in [0.5, 0.6) is 0 Å². The molecule has 2 saturated heterocycles. The monoisotopic (exact) mass is 757 g/mol. The van der Waals surface area contributed by atoms with Crippen LogP contribution in [-0.4, -0.2) is 79.2 Å². The number of carbonyl (C=O) groups is 3. The molecule has 2 aliphatic heterocycles. The van der Waals surface area contributed by atoms with E-state index in [9.17, 15) is 32.3 Å². The first-order valence-corrected chi connectivity index (χ1v) is 18.7. The predicted octanol–water partition coefficient (Wildman–Crippen LogP) is 5.20. The van der Waals surface area contributed by atoms with Crippen LogP contribution in [0.2, 0.25) is 0 Å². The van der Waals surface area contributed by atoms with Gasteiger partial charge in [-0.25, -0.2) is 9.78 Å². The van der Waals surface area contributed by atoms with Crippen molar-refractivity contribution in [1.29, 1.82) is 0 Å². The van der Waals surface area contributed by atoms with E-state index in [1.807, 2.05) is 42.1 Å². The van der Waals surface area contributed by atoms with Gasteiger partial charge in [0, 0.05) is 63.5 Å². The van der Waals surface area contributed by atoms with Crippen LogP contribution >= 0.6 is 0 Å². The summed E-state index contributed by atoms with van der Waals surface area (Å²) in [7, 11) is 1.73. The fourth-order valence-corrected chi connectivity index (χ4v) is 8.45. The molecular weight excluding hydrogens is 715 g/mol. The highest BCUT2D eigenvalue weighted by Crippen LogP contribution is 2.35. The minimum Gasteiger partial charge on any atom is -0.367 e. The van der Waals surface area contributed by atoms with Crippen LogP contribution in [0.4, 0.5) is 24.5 Å². The van der Waals surface area contributed by atoms with Crippen molar-refractivity contribution in [2.24, 2.45) is 13.0 Å². The van der Waals surface area contributed by atoms with Crippen LogP contribution < -0.4 is 21.2 Å². The molecule has 16 heteroatoms. The van der Waals surface area contributed by atoms with Gasteiger partial charge in [-0.3, -0.25) is 38.4 Å². The molecule has 3 amide bonds. The molecule has 1 aliphatic carbocycles. The first-order valence-electron chi connectivity index (χ1n) is 18.7. The number of rotatable bonds is 7. The van der Waals surface area contributed by atoms with E-state index in [2.05, 4.69) is 25.4 Å². The molecule has 3 fully saturated rings. The third-order valence-corrected chi connectivity index (χ3v) is 11.4. The van der Waals surface area contributed by atoms with E-state index >= 15 is 0 Å². The number of para-hydroxylation sites is 1. The number of imidazole rings is 1. The zero-order valence-electron chi connectivity index (χ0n) is 30.6. The maximum atomic E-state index is 13.4. The van der Waals surface area contributed by atoms with E-state index in [0.717, 1.165) is 92.1 Å². The number of nitrogens with one attached hydrogen (secondary N) is 2. The number of piperazine rings is 1. The van der Waals surface area contributed by atoms with Gasteiger partial charge < -0.3 is 10.2 Å². The summed E-state index contributed by atoms with van der Waals surface area (Å²) in [6, 6.07) is 12.3. The Morgan fingerprint density at radius 2 is 1.71 bits per heavy atom. The molecule has 2 aromatic carbocycles. The number of halogens is 3. The first-order chi connectivity index (χ1) is 26.3. The van der Waals surface area contributed by atoms with Gasteiger partial charge in [-0.2, -0.15) is 18.3 Å². The third kappa shape index (κ3) is 7.10. The summed E-state index contributed by atoms with van der Waals surface area (Å²) in [5.74, 6) is -0.909. The second-order valence-corrected chi connectivity index (χ2v) is 15.0. The van der Waals surface area contributed by atoms with Gasteiger partial charge in [0.2, 0.25) is 11.8 Å². The van der Waals surface area contributed by atoms with Gasteiger partial charge in [0.25, 0.3) is 5.91 Å². The number of aromatic nitrogens is 5. The minimum atomic E-state index is -4.65. The number of carbonyl (C=O) groups excluding carboxylic acids is 3. The van der Waals surface area contributed by atoms with Crippen molar-refractivity contribution in [2.75, 3.05) is 42.9 Å². The lowest BCUT2D eigenvalue weighted by Crippen LogP contribution is -2.48. The van der Waals surface area contributed by atoms with Crippen LogP contribution in [0.15, 0.2) is 59.5 Å². The Bertz CT molecular complexity index is 2370. The Labute approximate surface area is 314 Å². The Balaban J connectivity index is 0.868. The Kier molecular flexibility index (Phi) is 9.47. The summed E-state index contributed by atoms with van der Waals surface area (Å²) in [5, 5.41) is 10.8. The lowest BCUT2D eigenvalue weighted by atomic mass is 9.85. The van der Waals surface area contributed by atoms with Crippen molar-refractivity contribution >= 4 is 51.0 Å². The van der Waals surface area contributed by atoms with Crippen molar-refractivity contribution < 1.29 is 27.6 Å². The van der Waals surface area contributed by atoms with Crippen molar-refractivity contribution in [3.63, 3.8) is 0 Å². The number of nitrogens with zero attached hydrogens (tertiary/aromatic N) is 7. The number of piperidine rings is 1. The molecule has 8 rings (SSSR count). The maximum Gasteiger partial charge on any atom is 0.433 e. The highest BCUT2D eigenvalue weighted by Gasteiger charge is 2.34. The summed E-state index contributed by atoms with van der Waals surface area (Å²) >= 11 is 0. The molecule has 3 aromatic heterocycles. The number of amides is 3. The second-order valence-electron chi connectivity index (χ2n) is 15.0. The Morgan fingerprint density at radius 3 is 2.44 bits per heavy atom. The van der Waals surface area contributed by atoms with Gasteiger partial charge in [0.15, 0.2) is 0 Å². The second kappa shape index (κ2) is 14.3. The summed E-state index contributed by atoms with van der Waals surface area (Å²) in [6.07, 6.45) is 1.94. The Morgan fingerprint density at radius 1 is 0.964 bits per heavy atom. The van der Waals surface area contributed by atoms with Gasteiger partial charge in [-0.1, -0.05) is 12.1 Å². The third-order valence-electron chi connectivity index (χ3n) is 11.4. The smallest absolute Gasteiger partial charge is 0.367 e.